The third kappa shape index (κ3) is 3.85. The first-order chi connectivity index (χ1) is 9.58. The number of hydrogen-bond acceptors (Lipinski definition) is 2. The maximum absolute atomic E-state index is 5.43. The van der Waals surface area contributed by atoms with Crippen molar-refractivity contribution in [3.05, 3.63) is 29.8 Å². The molecule has 0 aromatic heterocycles. The van der Waals surface area contributed by atoms with Crippen LogP contribution in [0.2, 0.25) is 0 Å². The first kappa shape index (κ1) is 15.1. The zero-order valence-electron chi connectivity index (χ0n) is 12.7. The van der Waals surface area contributed by atoms with E-state index in [2.05, 4.69) is 60.3 Å². The second-order valence-electron chi connectivity index (χ2n) is 5.78. The molecule has 1 aromatic carbocycles. The van der Waals surface area contributed by atoms with Crippen LogP contribution < -0.4 is 10.2 Å². The van der Waals surface area contributed by atoms with E-state index >= 15 is 0 Å². The van der Waals surface area contributed by atoms with E-state index in [4.69, 9.17) is 12.2 Å². The quantitative estimate of drug-likeness (QED) is 0.859. The monoisotopic (exact) mass is 291 g/mol. The maximum atomic E-state index is 5.43. The van der Waals surface area contributed by atoms with Crippen LogP contribution in [0.5, 0.6) is 0 Å². The second-order valence-corrected chi connectivity index (χ2v) is 6.17. The van der Waals surface area contributed by atoms with Gasteiger partial charge in [0, 0.05) is 38.4 Å². The van der Waals surface area contributed by atoms with Crippen LogP contribution in [-0.2, 0) is 6.54 Å². The number of para-hydroxylation sites is 1. The Balaban J connectivity index is 2.07. The molecule has 1 aromatic rings. The molecule has 1 saturated heterocycles. The number of hydrogen-bond donors (Lipinski definition) is 1. The van der Waals surface area contributed by atoms with Crippen molar-refractivity contribution in [2.24, 2.45) is 0 Å². The van der Waals surface area contributed by atoms with Crippen molar-refractivity contribution in [2.45, 2.75) is 39.3 Å². The van der Waals surface area contributed by atoms with Gasteiger partial charge in [0.2, 0.25) is 0 Å². The highest BCUT2D eigenvalue weighted by Gasteiger charge is 2.16. The summed E-state index contributed by atoms with van der Waals surface area (Å²) in [5.74, 6) is 0. The third-order valence-corrected chi connectivity index (χ3v) is 4.03. The maximum Gasteiger partial charge on any atom is 0.169 e. The number of nitrogens with one attached hydrogen (secondary N) is 1. The van der Waals surface area contributed by atoms with Gasteiger partial charge in [-0.05, 0) is 50.5 Å². The SMILES string of the molecule is CC(C)NC(=S)N(C)Cc1ccccc1N1CCCC1. The summed E-state index contributed by atoms with van der Waals surface area (Å²) in [7, 11) is 2.05. The van der Waals surface area contributed by atoms with E-state index in [-0.39, 0.29) is 0 Å². The summed E-state index contributed by atoms with van der Waals surface area (Å²) in [6.07, 6.45) is 2.61. The van der Waals surface area contributed by atoms with Crippen molar-refractivity contribution < 1.29 is 0 Å². The molecule has 0 atom stereocenters. The van der Waals surface area contributed by atoms with Crippen LogP contribution in [0.4, 0.5) is 5.69 Å². The molecule has 1 aliphatic rings. The zero-order valence-corrected chi connectivity index (χ0v) is 13.5. The Kier molecular flexibility index (Phi) is 5.24. The fourth-order valence-electron chi connectivity index (χ4n) is 2.60. The zero-order chi connectivity index (χ0) is 14.5. The van der Waals surface area contributed by atoms with Crippen LogP contribution in [0.15, 0.2) is 24.3 Å². The summed E-state index contributed by atoms with van der Waals surface area (Å²) < 4.78 is 0. The van der Waals surface area contributed by atoms with Crippen molar-refractivity contribution in [3.63, 3.8) is 0 Å². The topological polar surface area (TPSA) is 18.5 Å². The summed E-state index contributed by atoms with van der Waals surface area (Å²) in [5, 5.41) is 4.11. The van der Waals surface area contributed by atoms with Crippen molar-refractivity contribution >= 4 is 23.0 Å². The van der Waals surface area contributed by atoms with E-state index in [9.17, 15) is 0 Å². The van der Waals surface area contributed by atoms with Crippen LogP contribution in [0.3, 0.4) is 0 Å². The molecule has 1 N–H and O–H groups in total. The number of thiocarbonyl (C=S) groups is 1. The Morgan fingerprint density at radius 1 is 1.30 bits per heavy atom. The highest BCUT2D eigenvalue weighted by atomic mass is 32.1. The Labute approximate surface area is 128 Å². The highest BCUT2D eigenvalue weighted by molar-refractivity contribution is 7.80. The molecule has 20 heavy (non-hydrogen) atoms. The molecule has 110 valence electrons. The summed E-state index contributed by atoms with van der Waals surface area (Å²) in [5.41, 5.74) is 2.72. The predicted molar refractivity (Wildman–Crippen MR) is 90.2 cm³/mol. The third-order valence-electron chi connectivity index (χ3n) is 3.60. The first-order valence-electron chi connectivity index (χ1n) is 7.42. The minimum atomic E-state index is 0.374. The molecule has 0 unspecified atom stereocenters. The van der Waals surface area contributed by atoms with Crippen molar-refractivity contribution in [1.29, 1.82) is 0 Å². The molecular formula is C16H25N3S. The molecule has 2 rings (SSSR count). The molecule has 1 aliphatic heterocycles. The van der Waals surface area contributed by atoms with Gasteiger partial charge in [-0.1, -0.05) is 18.2 Å². The Morgan fingerprint density at radius 3 is 2.60 bits per heavy atom. The number of rotatable bonds is 4. The van der Waals surface area contributed by atoms with Crippen LogP contribution in [0, 0.1) is 0 Å². The Hall–Kier alpha value is -1.29. The lowest BCUT2D eigenvalue weighted by Crippen LogP contribution is -2.40. The minimum absolute atomic E-state index is 0.374. The van der Waals surface area contributed by atoms with Gasteiger partial charge in [0.25, 0.3) is 0 Å². The second kappa shape index (κ2) is 6.93. The normalized spacial score (nSPS) is 14.7. The summed E-state index contributed by atoms with van der Waals surface area (Å²) in [6.45, 7) is 7.42. The van der Waals surface area contributed by atoms with E-state index < -0.39 is 0 Å². The molecule has 1 fully saturated rings. The molecule has 3 nitrogen and oxygen atoms in total. The fraction of sp³-hybridized carbons (Fsp3) is 0.562. The number of nitrogens with zero attached hydrogens (tertiary/aromatic N) is 2. The average molecular weight is 291 g/mol. The molecule has 0 radical (unpaired) electrons. The largest absolute Gasteiger partial charge is 0.371 e. The van der Waals surface area contributed by atoms with Gasteiger partial charge in [-0.15, -0.1) is 0 Å². The lowest BCUT2D eigenvalue weighted by Gasteiger charge is -2.26. The van der Waals surface area contributed by atoms with E-state index in [0.717, 1.165) is 11.7 Å². The first-order valence-corrected chi connectivity index (χ1v) is 7.83. The molecule has 0 spiro atoms. The van der Waals surface area contributed by atoms with Gasteiger partial charge in [0.05, 0.1) is 0 Å². The van der Waals surface area contributed by atoms with Gasteiger partial charge < -0.3 is 15.1 Å². The van der Waals surface area contributed by atoms with Crippen LogP contribution in [-0.4, -0.2) is 36.2 Å². The van der Waals surface area contributed by atoms with E-state index in [1.54, 1.807) is 0 Å². The van der Waals surface area contributed by atoms with E-state index in [0.29, 0.717) is 6.04 Å². The average Bonchev–Trinajstić information content (AvgIpc) is 2.92. The summed E-state index contributed by atoms with van der Waals surface area (Å²) in [6, 6.07) is 9.05. The Morgan fingerprint density at radius 2 is 1.95 bits per heavy atom. The van der Waals surface area contributed by atoms with E-state index in [1.807, 2.05) is 0 Å². The van der Waals surface area contributed by atoms with Gasteiger partial charge >= 0.3 is 0 Å². The van der Waals surface area contributed by atoms with Gasteiger partial charge in [-0.25, -0.2) is 0 Å². The van der Waals surface area contributed by atoms with E-state index in [1.165, 1.54) is 37.2 Å². The Bertz CT molecular complexity index is 453. The van der Waals surface area contributed by atoms with Gasteiger partial charge in [0.15, 0.2) is 5.11 Å². The molecule has 0 saturated carbocycles. The molecule has 0 aliphatic carbocycles. The summed E-state index contributed by atoms with van der Waals surface area (Å²) in [4.78, 5) is 4.60. The lowest BCUT2D eigenvalue weighted by atomic mass is 10.1. The molecule has 0 amide bonds. The standard InChI is InChI=1S/C16H25N3S/c1-13(2)17-16(20)18(3)12-14-8-4-5-9-15(14)19-10-6-7-11-19/h4-5,8-9,13H,6-7,10-12H2,1-3H3,(H,17,20). The molecule has 4 heteroatoms. The van der Waals surface area contributed by atoms with Crippen LogP contribution >= 0.6 is 12.2 Å². The van der Waals surface area contributed by atoms with Crippen LogP contribution in [0.25, 0.3) is 0 Å². The van der Waals surface area contributed by atoms with Crippen molar-refractivity contribution in [1.82, 2.24) is 10.2 Å². The van der Waals surface area contributed by atoms with Gasteiger partial charge in [-0.2, -0.15) is 0 Å². The molecular weight excluding hydrogens is 266 g/mol. The predicted octanol–water partition coefficient (Wildman–Crippen LogP) is 3.00. The molecule has 0 bridgehead atoms. The number of anilines is 1. The van der Waals surface area contributed by atoms with Crippen LogP contribution in [0.1, 0.15) is 32.3 Å². The number of benzene rings is 1. The van der Waals surface area contributed by atoms with Crippen molar-refractivity contribution in [2.75, 3.05) is 25.0 Å². The van der Waals surface area contributed by atoms with Crippen molar-refractivity contribution in [3.8, 4) is 0 Å². The van der Waals surface area contributed by atoms with Gasteiger partial charge in [0.1, 0.15) is 0 Å². The lowest BCUT2D eigenvalue weighted by molar-refractivity contribution is 0.480. The highest BCUT2D eigenvalue weighted by Crippen LogP contribution is 2.25. The fourth-order valence-corrected chi connectivity index (χ4v) is 2.90. The smallest absolute Gasteiger partial charge is 0.169 e. The van der Waals surface area contributed by atoms with Gasteiger partial charge in [-0.3, -0.25) is 0 Å². The molecule has 1 heterocycles. The summed E-state index contributed by atoms with van der Waals surface area (Å²) >= 11 is 5.43. The minimum Gasteiger partial charge on any atom is -0.371 e.